The van der Waals surface area contributed by atoms with Crippen molar-refractivity contribution in [1.82, 2.24) is 0 Å². The third-order valence-corrected chi connectivity index (χ3v) is 6.13. The Balaban J connectivity index is 4.35. The lowest BCUT2D eigenvalue weighted by molar-refractivity contribution is -0.872. The van der Waals surface area contributed by atoms with Crippen molar-refractivity contribution in [2.75, 3.05) is 40.9 Å². The summed E-state index contributed by atoms with van der Waals surface area (Å²) in [6, 6.07) is 0. The molecule has 0 radical (unpaired) electrons. The minimum atomic E-state index is -4.57. The molecule has 0 bridgehead atoms. The van der Waals surface area contributed by atoms with Gasteiger partial charge in [-0.1, -0.05) is 71.1 Å². The smallest absolute Gasteiger partial charge is 0.393 e. The molecule has 3 N–H and O–H groups in total. The Bertz CT molecular complexity index is 523. The van der Waals surface area contributed by atoms with Crippen molar-refractivity contribution in [2.45, 2.75) is 96.2 Å². The zero-order valence-corrected chi connectivity index (χ0v) is 21.4. The minimum Gasteiger partial charge on any atom is -0.393 e. The van der Waals surface area contributed by atoms with Crippen molar-refractivity contribution >= 4 is 13.6 Å². The Kier molecular flexibility index (Phi) is 17.8. The molecule has 32 heavy (non-hydrogen) atoms. The Morgan fingerprint density at radius 3 is 1.88 bits per heavy atom. The van der Waals surface area contributed by atoms with Gasteiger partial charge < -0.3 is 14.5 Å². The summed E-state index contributed by atoms with van der Waals surface area (Å²) >= 11 is 0. The van der Waals surface area contributed by atoms with E-state index >= 15 is 0 Å². The fourth-order valence-corrected chi connectivity index (χ4v) is 4.22. The van der Waals surface area contributed by atoms with E-state index in [-0.39, 0.29) is 18.7 Å². The van der Waals surface area contributed by atoms with Crippen LogP contribution in [0.5, 0.6) is 0 Å². The number of quaternary nitrogens is 1. The monoisotopic (exact) mass is 484 g/mol. The van der Waals surface area contributed by atoms with E-state index in [1.54, 1.807) is 0 Å². The average Bonchev–Trinajstić information content (AvgIpc) is 2.71. The number of hydrogen-bond donors (Lipinski definition) is 3. The molecule has 0 rings (SSSR count). The van der Waals surface area contributed by atoms with Crippen molar-refractivity contribution in [3.05, 3.63) is 0 Å². The largest absolute Gasteiger partial charge is 0.473 e. The van der Waals surface area contributed by atoms with Gasteiger partial charge in [-0.3, -0.25) is 19.1 Å². The molecule has 0 aliphatic heterocycles. The number of hydrogen-bond acceptors (Lipinski definition) is 7. The van der Waals surface area contributed by atoms with Gasteiger partial charge in [-0.15, -0.1) is 0 Å². The van der Waals surface area contributed by atoms with Crippen LogP contribution in [-0.4, -0.2) is 78.6 Å². The van der Waals surface area contributed by atoms with Gasteiger partial charge >= 0.3 is 7.82 Å². The fourth-order valence-electron chi connectivity index (χ4n) is 3.30. The SMILES string of the molecule is CCCCCCCCCCCCCC(=O)C(C[N+](C)(C)C)OP(=O)(O)OC[C@@H](CO)OO. The normalized spacial score (nSPS) is 16.0. The van der Waals surface area contributed by atoms with E-state index in [2.05, 4.69) is 11.8 Å². The predicted molar refractivity (Wildman–Crippen MR) is 124 cm³/mol. The predicted octanol–water partition coefficient (Wildman–Crippen LogP) is 4.32. The first-order valence-electron chi connectivity index (χ1n) is 11.9. The van der Waals surface area contributed by atoms with Crippen LogP contribution in [0.15, 0.2) is 0 Å². The molecule has 0 amide bonds. The number of rotatable bonds is 22. The second-order valence-electron chi connectivity index (χ2n) is 9.49. The molecule has 10 heteroatoms. The van der Waals surface area contributed by atoms with Crippen LogP contribution in [-0.2, 0) is 23.3 Å². The highest BCUT2D eigenvalue weighted by Gasteiger charge is 2.35. The zero-order valence-electron chi connectivity index (χ0n) is 20.5. The molecule has 0 fully saturated rings. The molecule has 0 aliphatic carbocycles. The number of carbonyl (C=O) groups is 1. The molecule has 0 saturated heterocycles. The molecule has 0 aliphatic rings. The molecular formula is C22H47NO8P+. The first-order chi connectivity index (χ1) is 15.0. The number of likely N-dealkylation sites (N-methyl/N-ethyl adjacent to an activating group) is 1. The van der Waals surface area contributed by atoms with Crippen molar-refractivity contribution < 1.29 is 43.0 Å². The highest BCUT2D eigenvalue weighted by molar-refractivity contribution is 7.47. The number of unbranched alkanes of at least 4 members (excludes halogenated alkanes) is 10. The van der Waals surface area contributed by atoms with Gasteiger partial charge in [0.25, 0.3) is 0 Å². The Morgan fingerprint density at radius 2 is 1.44 bits per heavy atom. The molecule has 9 nitrogen and oxygen atoms in total. The summed E-state index contributed by atoms with van der Waals surface area (Å²) in [4.78, 5) is 26.6. The number of ketones is 1. The molecule has 0 heterocycles. The first kappa shape index (κ1) is 31.6. The lowest BCUT2D eigenvalue weighted by atomic mass is 10.0. The quantitative estimate of drug-likeness (QED) is 0.0683. The van der Waals surface area contributed by atoms with Crippen molar-refractivity contribution in [3.8, 4) is 0 Å². The molecule has 0 aromatic carbocycles. The first-order valence-corrected chi connectivity index (χ1v) is 13.4. The molecule has 0 spiro atoms. The molecule has 3 atom stereocenters. The zero-order chi connectivity index (χ0) is 24.5. The highest BCUT2D eigenvalue weighted by Crippen LogP contribution is 2.45. The van der Waals surface area contributed by atoms with E-state index in [1.165, 1.54) is 51.4 Å². The van der Waals surface area contributed by atoms with Crippen LogP contribution in [0.4, 0.5) is 0 Å². The lowest BCUT2D eigenvalue weighted by Crippen LogP contribution is -2.45. The maximum absolute atomic E-state index is 12.7. The van der Waals surface area contributed by atoms with Crippen LogP contribution in [0.3, 0.4) is 0 Å². The van der Waals surface area contributed by atoms with E-state index in [9.17, 15) is 14.3 Å². The number of phosphoric acid groups is 1. The van der Waals surface area contributed by atoms with Gasteiger partial charge in [0.05, 0.1) is 34.4 Å². The van der Waals surface area contributed by atoms with Crippen molar-refractivity contribution in [1.29, 1.82) is 0 Å². The number of Topliss-reactive ketones (excluding diaryl/α,β-unsaturated/α-hetero) is 1. The molecular weight excluding hydrogens is 437 g/mol. The summed E-state index contributed by atoms with van der Waals surface area (Å²) in [6.45, 7) is 1.28. The molecule has 2 unspecified atom stereocenters. The summed E-state index contributed by atoms with van der Waals surface area (Å²) in [6.07, 6.45) is 11.0. The van der Waals surface area contributed by atoms with Crippen LogP contribution < -0.4 is 0 Å². The lowest BCUT2D eigenvalue weighted by Gasteiger charge is -2.29. The van der Waals surface area contributed by atoms with Crippen molar-refractivity contribution in [3.63, 3.8) is 0 Å². The third kappa shape index (κ3) is 18.1. The molecule has 192 valence electrons. The second kappa shape index (κ2) is 18.0. The van der Waals surface area contributed by atoms with Crippen LogP contribution in [0.1, 0.15) is 84.0 Å². The summed E-state index contributed by atoms with van der Waals surface area (Å²) in [7, 11) is 1.00. The van der Waals surface area contributed by atoms with E-state index in [0.717, 1.165) is 12.8 Å². The van der Waals surface area contributed by atoms with Gasteiger partial charge in [-0.25, -0.2) is 9.45 Å². The van der Waals surface area contributed by atoms with E-state index in [1.807, 2.05) is 21.1 Å². The summed E-state index contributed by atoms with van der Waals surface area (Å²) in [5, 5.41) is 17.5. The van der Waals surface area contributed by atoms with Gasteiger partial charge in [-0.05, 0) is 6.42 Å². The summed E-state index contributed by atoms with van der Waals surface area (Å²) in [5.74, 6) is -0.232. The maximum atomic E-state index is 12.7. The number of aliphatic hydroxyl groups excluding tert-OH is 1. The summed E-state index contributed by atoms with van der Waals surface area (Å²) in [5.41, 5.74) is 0. The Labute approximate surface area is 194 Å². The van der Waals surface area contributed by atoms with E-state index in [0.29, 0.717) is 10.9 Å². The van der Waals surface area contributed by atoms with Gasteiger partial charge in [0, 0.05) is 6.42 Å². The maximum Gasteiger partial charge on any atom is 0.473 e. The van der Waals surface area contributed by atoms with Crippen LogP contribution in [0, 0.1) is 0 Å². The Morgan fingerprint density at radius 1 is 0.938 bits per heavy atom. The van der Waals surface area contributed by atoms with Gasteiger partial charge in [0.15, 0.2) is 11.9 Å². The van der Waals surface area contributed by atoms with Gasteiger partial charge in [0.1, 0.15) is 12.6 Å². The van der Waals surface area contributed by atoms with E-state index in [4.69, 9.17) is 19.4 Å². The standard InChI is InChI=1S/C22H46NO8P/c1-5-6-7-8-9-10-11-12-13-14-15-16-21(25)22(17-23(2,3)4)31-32(27,28)29-19-20(18-24)30-26/h20,22,24H,5-19H2,1-4H3,(H-,26,27,28)/p+1/t20-,22?/m1/s1. The number of carbonyl (C=O) groups excluding carboxylic acids is 1. The van der Waals surface area contributed by atoms with Crippen LogP contribution in [0.25, 0.3) is 0 Å². The topological polar surface area (TPSA) is 123 Å². The van der Waals surface area contributed by atoms with E-state index < -0.39 is 33.2 Å². The second-order valence-corrected chi connectivity index (χ2v) is 10.9. The van der Waals surface area contributed by atoms with Crippen molar-refractivity contribution in [2.24, 2.45) is 0 Å². The third-order valence-electron chi connectivity index (χ3n) is 5.14. The number of phosphoric ester groups is 1. The average molecular weight is 485 g/mol. The Hall–Kier alpha value is -0.380. The molecule has 0 saturated carbocycles. The van der Waals surface area contributed by atoms with Crippen LogP contribution >= 0.6 is 7.82 Å². The number of nitrogens with zero attached hydrogens (tertiary/aromatic N) is 1. The molecule has 0 aromatic rings. The minimum absolute atomic E-state index is 0.213. The number of aliphatic hydroxyl groups is 1. The highest BCUT2D eigenvalue weighted by atomic mass is 31.2. The van der Waals surface area contributed by atoms with Crippen LogP contribution in [0.2, 0.25) is 0 Å². The summed E-state index contributed by atoms with van der Waals surface area (Å²) < 4.78 is 22.5. The fraction of sp³-hybridized carbons (Fsp3) is 0.955. The molecule has 0 aromatic heterocycles. The van der Waals surface area contributed by atoms with Gasteiger partial charge in [0.2, 0.25) is 0 Å². The van der Waals surface area contributed by atoms with Gasteiger partial charge in [-0.2, -0.15) is 0 Å².